The lowest BCUT2D eigenvalue weighted by molar-refractivity contribution is 0.391. The first kappa shape index (κ1) is 14.6. The Morgan fingerprint density at radius 1 is 1.23 bits per heavy atom. The number of nitrogens with zero attached hydrogens (tertiary/aromatic N) is 4. The van der Waals surface area contributed by atoms with E-state index in [2.05, 4.69) is 15.4 Å². The van der Waals surface area contributed by atoms with Gasteiger partial charge >= 0.3 is 0 Å². The smallest absolute Gasteiger partial charge is 0.191 e. The molecule has 0 amide bonds. The first-order chi connectivity index (χ1) is 10.7. The standard InChI is InChI=1S/C15H16N4O2S/c1-10-8-13(21-18-10)9-22-15-17-16-14(19(15)2)11-4-6-12(20-3)7-5-11/h4-8H,9H2,1-3H3. The number of rotatable bonds is 5. The van der Waals surface area contributed by atoms with Gasteiger partial charge in [-0.05, 0) is 31.2 Å². The minimum Gasteiger partial charge on any atom is -0.497 e. The second-order valence-electron chi connectivity index (χ2n) is 4.82. The van der Waals surface area contributed by atoms with Gasteiger partial charge in [-0.1, -0.05) is 16.9 Å². The van der Waals surface area contributed by atoms with Crippen molar-refractivity contribution >= 4 is 11.8 Å². The Kier molecular flexibility index (Phi) is 4.15. The molecule has 7 heteroatoms. The number of hydrogen-bond donors (Lipinski definition) is 0. The second-order valence-corrected chi connectivity index (χ2v) is 5.76. The van der Waals surface area contributed by atoms with Crippen LogP contribution in [0.1, 0.15) is 11.5 Å². The van der Waals surface area contributed by atoms with E-state index >= 15 is 0 Å². The Bertz CT molecular complexity index is 764. The Balaban J connectivity index is 1.76. The van der Waals surface area contributed by atoms with Crippen molar-refractivity contribution < 1.29 is 9.26 Å². The highest BCUT2D eigenvalue weighted by atomic mass is 32.2. The molecule has 0 fully saturated rings. The van der Waals surface area contributed by atoms with E-state index in [-0.39, 0.29) is 0 Å². The number of aromatic nitrogens is 4. The average molecular weight is 316 g/mol. The van der Waals surface area contributed by atoms with Gasteiger partial charge in [0, 0.05) is 18.7 Å². The maximum Gasteiger partial charge on any atom is 0.191 e. The number of hydrogen-bond acceptors (Lipinski definition) is 6. The van der Waals surface area contributed by atoms with Crippen LogP contribution in [0.3, 0.4) is 0 Å². The van der Waals surface area contributed by atoms with E-state index in [1.54, 1.807) is 18.9 Å². The summed E-state index contributed by atoms with van der Waals surface area (Å²) in [5.74, 6) is 3.15. The maximum atomic E-state index is 5.20. The zero-order valence-electron chi connectivity index (χ0n) is 12.6. The molecular formula is C15H16N4O2S. The average Bonchev–Trinajstić information content (AvgIpc) is 3.11. The van der Waals surface area contributed by atoms with Crippen LogP contribution in [0.25, 0.3) is 11.4 Å². The van der Waals surface area contributed by atoms with Gasteiger partial charge in [-0.15, -0.1) is 10.2 Å². The zero-order valence-corrected chi connectivity index (χ0v) is 13.4. The fourth-order valence-corrected chi connectivity index (χ4v) is 2.84. The molecule has 0 bridgehead atoms. The SMILES string of the molecule is COc1ccc(-c2nnc(SCc3cc(C)no3)n2C)cc1. The van der Waals surface area contributed by atoms with Gasteiger partial charge < -0.3 is 13.8 Å². The summed E-state index contributed by atoms with van der Waals surface area (Å²) in [6.45, 7) is 1.90. The normalized spacial score (nSPS) is 10.9. The molecule has 2 heterocycles. The van der Waals surface area contributed by atoms with E-state index in [4.69, 9.17) is 9.26 Å². The minimum atomic E-state index is 0.676. The molecule has 0 aliphatic carbocycles. The molecule has 3 aromatic rings. The summed E-state index contributed by atoms with van der Waals surface area (Å²) < 4.78 is 12.3. The quantitative estimate of drug-likeness (QED) is 0.674. The molecule has 6 nitrogen and oxygen atoms in total. The van der Waals surface area contributed by atoms with Crippen molar-refractivity contribution in [2.45, 2.75) is 17.8 Å². The first-order valence-electron chi connectivity index (χ1n) is 6.76. The van der Waals surface area contributed by atoms with E-state index in [0.717, 1.165) is 33.7 Å². The van der Waals surface area contributed by atoms with Crippen LogP contribution in [0.2, 0.25) is 0 Å². The molecule has 0 radical (unpaired) electrons. The van der Waals surface area contributed by atoms with E-state index < -0.39 is 0 Å². The van der Waals surface area contributed by atoms with Crippen molar-refractivity contribution in [2.75, 3.05) is 7.11 Å². The lowest BCUT2D eigenvalue weighted by Crippen LogP contribution is -1.95. The molecule has 0 spiro atoms. The minimum absolute atomic E-state index is 0.676. The summed E-state index contributed by atoms with van der Waals surface area (Å²) in [7, 11) is 3.60. The van der Waals surface area contributed by atoms with Crippen LogP contribution in [-0.2, 0) is 12.8 Å². The number of thioether (sulfide) groups is 1. The molecule has 0 unspecified atom stereocenters. The summed E-state index contributed by atoms with van der Waals surface area (Å²) in [4.78, 5) is 0. The predicted octanol–water partition coefficient (Wildman–Crippen LogP) is 3.08. The molecule has 2 aromatic heterocycles. The third-order valence-electron chi connectivity index (χ3n) is 3.20. The van der Waals surface area contributed by atoms with Crippen LogP contribution >= 0.6 is 11.8 Å². The summed E-state index contributed by atoms with van der Waals surface area (Å²) in [6, 6.07) is 9.68. The molecule has 0 atom stereocenters. The van der Waals surface area contributed by atoms with Crippen LogP contribution in [0.5, 0.6) is 5.75 Å². The van der Waals surface area contributed by atoms with E-state index in [9.17, 15) is 0 Å². The van der Waals surface area contributed by atoms with Gasteiger partial charge in [0.05, 0.1) is 18.6 Å². The number of ether oxygens (including phenoxy) is 1. The van der Waals surface area contributed by atoms with Gasteiger partial charge in [0.1, 0.15) is 11.5 Å². The maximum absolute atomic E-state index is 5.20. The van der Waals surface area contributed by atoms with Gasteiger partial charge in [-0.2, -0.15) is 0 Å². The fraction of sp³-hybridized carbons (Fsp3) is 0.267. The Labute approximate surface area is 132 Å². The Morgan fingerprint density at radius 2 is 2.00 bits per heavy atom. The molecule has 0 aliphatic rings. The molecule has 3 rings (SSSR count). The largest absolute Gasteiger partial charge is 0.497 e. The predicted molar refractivity (Wildman–Crippen MR) is 83.8 cm³/mol. The van der Waals surface area contributed by atoms with Crippen LogP contribution in [-0.4, -0.2) is 27.0 Å². The Hall–Kier alpha value is -2.28. The van der Waals surface area contributed by atoms with Gasteiger partial charge in [0.15, 0.2) is 11.0 Å². The lowest BCUT2D eigenvalue weighted by Gasteiger charge is -2.04. The van der Waals surface area contributed by atoms with Crippen LogP contribution in [0, 0.1) is 6.92 Å². The highest BCUT2D eigenvalue weighted by Crippen LogP contribution is 2.26. The third-order valence-corrected chi connectivity index (χ3v) is 4.25. The lowest BCUT2D eigenvalue weighted by atomic mass is 10.2. The molecule has 114 valence electrons. The van der Waals surface area contributed by atoms with Crippen LogP contribution in [0.15, 0.2) is 40.0 Å². The number of aryl methyl sites for hydroxylation is 1. The Morgan fingerprint density at radius 3 is 2.64 bits per heavy atom. The molecule has 1 aromatic carbocycles. The molecule has 0 N–H and O–H groups in total. The van der Waals surface area contributed by atoms with Crippen molar-refractivity contribution in [1.29, 1.82) is 0 Å². The van der Waals surface area contributed by atoms with Gasteiger partial charge in [-0.3, -0.25) is 0 Å². The van der Waals surface area contributed by atoms with Gasteiger partial charge in [0.2, 0.25) is 0 Å². The van der Waals surface area contributed by atoms with Crippen LogP contribution < -0.4 is 4.74 Å². The zero-order chi connectivity index (χ0) is 15.5. The fourth-order valence-electron chi connectivity index (χ4n) is 2.05. The van der Waals surface area contributed by atoms with Crippen LogP contribution in [0.4, 0.5) is 0 Å². The topological polar surface area (TPSA) is 66.0 Å². The second kappa shape index (κ2) is 6.23. The summed E-state index contributed by atoms with van der Waals surface area (Å²) >= 11 is 1.57. The number of methoxy groups -OCH3 is 1. The monoisotopic (exact) mass is 316 g/mol. The molecule has 0 saturated heterocycles. The highest BCUT2D eigenvalue weighted by molar-refractivity contribution is 7.98. The first-order valence-corrected chi connectivity index (χ1v) is 7.74. The van der Waals surface area contributed by atoms with Crippen molar-refractivity contribution in [1.82, 2.24) is 19.9 Å². The van der Waals surface area contributed by atoms with Gasteiger partial charge in [-0.25, -0.2) is 0 Å². The summed E-state index contributed by atoms with van der Waals surface area (Å²) in [5, 5.41) is 13.2. The molecule has 22 heavy (non-hydrogen) atoms. The van der Waals surface area contributed by atoms with E-state index in [1.165, 1.54) is 0 Å². The van der Waals surface area contributed by atoms with E-state index in [0.29, 0.717) is 5.75 Å². The molecular weight excluding hydrogens is 300 g/mol. The van der Waals surface area contributed by atoms with Crippen molar-refractivity contribution in [2.24, 2.45) is 7.05 Å². The van der Waals surface area contributed by atoms with Gasteiger partial charge in [0.25, 0.3) is 0 Å². The van der Waals surface area contributed by atoms with Crippen molar-refractivity contribution in [3.63, 3.8) is 0 Å². The summed E-state index contributed by atoms with van der Waals surface area (Å²) in [5.41, 5.74) is 1.88. The summed E-state index contributed by atoms with van der Waals surface area (Å²) in [6.07, 6.45) is 0. The third kappa shape index (κ3) is 2.99. The van der Waals surface area contributed by atoms with E-state index in [1.807, 2.05) is 48.9 Å². The molecule has 0 aliphatic heterocycles. The van der Waals surface area contributed by atoms with Crippen molar-refractivity contribution in [3.8, 4) is 17.1 Å². The highest BCUT2D eigenvalue weighted by Gasteiger charge is 2.12. The molecule has 0 saturated carbocycles. The number of benzene rings is 1. The van der Waals surface area contributed by atoms with Crippen molar-refractivity contribution in [3.05, 3.63) is 41.8 Å².